The molecule has 1 aromatic heterocycles. The van der Waals surface area contributed by atoms with Crippen LogP contribution in [0, 0.1) is 0 Å². The zero-order valence-electron chi connectivity index (χ0n) is 6.20. The summed E-state index contributed by atoms with van der Waals surface area (Å²) in [5, 5.41) is 0.355. The second-order valence-electron chi connectivity index (χ2n) is 2.22. The minimum Gasteiger partial charge on any atom is -0.240 e. The Morgan fingerprint density at radius 2 is 2.00 bits per heavy atom. The number of rotatable bonds is 2. The number of halogens is 5. The molecule has 0 saturated carbocycles. The summed E-state index contributed by atoms with van der Waals surface area (Å²) in [5.41, 5.74) is 0.288. The molecule has 0 aliphatic heterocycles. The highest BCUT2D eigenvalue weighted by molar-refractivity contribution is 9.11. The fraction of sp³-hybridized carbons (Fsp3) is 0.286. The maximum atomic E-state index is 12.4. The van der Waals surface area contributed by atoms with Crippen LogP contribution in [0.2, 0.25) is 0 Å². The van der Waals surface area contributed by atoms with E-state index < -0.39 is 6.43 Å². The monoisotopic (exact) mass is 377 g/mol. The third-order valence-corrected chi connectivity index (χ3v) is 3.09. The molecule has 1 rings (SSSR count). The number of nitrogens with zero attached hydrogens (tertiary/aromatic N) is 1. The van der Waals surface area contributed by atoms with E-state index in [-0.39, 0.29) is 5.69 Å². The lowest BCUT2D eigenvalue weighted by Crippen LogP contribution is -1.98. The van der Waals surface area contributed by atoms with E-state index in [2.05, 4.69) is 52.8 Å². The SMILES string of the molecule is FC(F)c1nc(Br)cc(Br)c1CBr. The first-order valence-electron chi connectivity index (χ1n) is 3.25. The van der Waals surface area contributed by atoms with Crippen molar-refractivity contribution < 1.29 is 8.78 Å². The summed E-state index contributed by atoms with van der Waals surface area (Å²) in [4.78, 5) is 3.71. The topological polar surface area (TPSA) is 12.9 Å². The molecule has 0 saturated heterocycles. The number of alkyl halides is 3. The molecule has 0 bridgehead atoms. The summed E-state index contributed by atoms with van der Waals surface area (Å²) in [6.45, 7) is 0. The number of pyridine rings is 1. The zero-order chi connectivity index (χ0) is 10.0. The first-order valence-corrected chi connectivity index (χ1v) is 5.96. The van der Waals surface area contributed by atoms with Crippen molar-refractivity contribution in [2.75, 3.05) is 0 Å². The molecule has 0 fully saturated rings. The van der Waals surface area contributed by atoms with Gasteiger partial charge >= 0.3 is 0 Å². The summed E-state index contributed by atoms with van der Waals surface area (Å²) < 4.78 is 25.9. The molecule has 0 aliphatic carbocycles. The van der Waals surface area contributed by atoms with Gasteiger partial charge in [0, 0.05) is 15.4 Å². The predicted octanol–water partition coefficient (Wildman–Crippen LogP) is 4.44. The Bertz CT molecular complexity index is 317. The summed E-state index contributed by atoms with van der Waals surface area (Å²) in [6.07, 6.45) is -2.55. The third-order valence-electron chi connectivity index (χ3n) is 1.41. The van der Waals surface area contributed by atoms with Crippen molar-refractivity contribution >= 4 is 47.8 Å². The van der Waals surface area contributed by atoms with Crippen LogP contribution in [-0.4, -0.2) is 4.98 Å². The molecule has 0 N–H and O–H groups in total. The van der Waals surface area contributed by atoms with Crippen molar-refractivity contribution in [3.05, 3.63) is 26.4 Å². The van der Waals surface area contributed by atoms with Gasteiger partial charge in [-0.1, -0.05) is 31.9 Å². The van der Waals surface area contributed by atoms with Gasteiger partial charge in [0.05, 0.1) is 0 Å². The molecule has 6 heteroatoms. The zero-order valence-corrected chi connectivity index (χ0v) is 11.0. The Balaban J connectivity index is 3.29. The van der Waals surface area contributed by atoms with Crippen molar-refractivity contribution in [2.24, 2.45) is 0 Å². The van der Waals surface area contributed by atoms with Crippen molar-refractivity contribution in [2.45, 2.75) is 11.8 Å². The lowest BCUT2D eigenvalue weighted by atomic mass is 10.2. The van der Waals surface area contributed by atoms with Gasteiger partial charge in [-0.05, 0) is 22.0 Å². The molecule has 0 aliphatic rings. The van der Waals surface area contributed by atoms with Gasteiger partial charge in [-0.15, -0.1) is 0 Å². The van der Waals surface area contributed by atoms with Crippen LogP contribution >= 0.6 is 47.8 Å². The first kappa shape index (κ1) is 11.5. The smallest absolute Gasteiger partial charge is 0.240 e. The maximum absolute atomic E-state index is 12.4. The Kier molecular flexibility index (Phi) is 4.25. The van der Waals surface area contributed by atoms with E-state index in [1.54, 1.807) is 6.07 Å². The molecule has 0 radical (unpaired) electrons. The van der Waals surface area contributed by atoms with Crippen molar-refractivity contribution in [3.63, 3.8) is 0 Å². The Morgan fingerprint density at radius 1 is 1.38 bits per heavy atom. The van der Waals surface area contributed by atoms with E-state index in [1.807, 2.05) is 0 Å². The van der Waals surface area contributed by atoms with Gasteiger partial charge in [0.2, 0.25) is 0 Å². The highest BCUT2D eigenvalue weighted by atomic mass is 79.9. The van der Waals surface area contributed by atoms with Crippen LogP contribution < -0.4 is 0 Å². The van der Waals surface area contributed by atoms with Crippen molar-refractivity contribution in [1.29, 1.82) is 0 Å². The molecule has 1 heterocycles. The summed E-state index contributed by atoms with van der Waals surface area (Å²) in [6, 6.07) is 1.64. The molecule has 0 aromatic carbocycles. The van der Waals surface area contributed by atoms with Gasteiger partial charge < -0.3 is 0 Å². The van der Waals surface area contributed by atoms with Crippen molar-refractivity contribution in [1.82, 2.24) is 4.98 Å². The minimum absolute atomic E-state index is 0.196. The molecule has 72 valence electrons. The average Bonchev–Trinajstić information content (AvgIpc) is 2.02. The average molecular weight is 380 g/mol. The molecule has 1 nitrogen and oxygen atoms in total. The van der Waals surface area contributed by atoms with Gasteiger partial charge in [0.15, 0.2) is 0 Å². The highest BCUT2D eigenvalue weighted by Crippen LogP contribution is 2.30. The fourth-order valence-corrected chi connectivity index (χ4v) is 3.09. The summed E-state index contributed by atoms with van der Waals surface area (Å²) in [7, 11) is 0. The van der Waals surface area contributed by atoms with Crippen LogP contribution in [0.25, 0.3) is 0 Å². The van der Waals surface area contributed by atoms with Crippen LogP contribution in [0.4, 0.5) is 8.78 Å². The third kappa shape index (κ3) is 2.70. The minimum atomic E-state index is -2.55. The van der Waals surface area contributed by atoms with Crippen LogP contribution in [-0.2, 0) is 5.33 Å². The molecule has 0 unspecified atom stereocenters. The van der Waals surface area contributed by atoms with Gasteiger partial charge in [-0.25, -0.2) is 13.8 Å². The summed E-state index contributed by atoms with van der Waals surface area (Å²) in [5.74, 6) is 0. The number of hydrogen-bond acceptors (Lipinski definition) is 1. The van der Waals surface area contributed by atoms with Crippen LogP contribution in [0.1, 0.15) is 17.7 Å². The lowest BCUT2D eigenvalue weighted by molar-refractivity contribution is 0.145. The van der Waals surface area contributed by atoms with E-state index in [4.69, 9.17) is 0 Å². The van der Waals surface area contributed by atoms with E-state index >= 15 is 0 Å². The molecule has 0 amide bonds. The fourth-order valence-electron chi connectivity index (χ4n) is 0.842. The quantitative estimate of drug-likeness (QED) is 0.547. The second kappa shape index (κ2) is 4.79. The van der Waals surface area contributed by atoms with E-state index in [0.717, 1.165) is 0 Å². The van der Waals surface area contributed by atoms with E-state index in [1.165, 1.54) is 0 Å². The molecule has 13 heavy (non-hydrogen) atoms. The van der Waals surface area contributed by atoms with E-state index in [9.17, 15) is 8.78 Å². The predicted molar refractivity (Wildman–Crippen MR) is 57.2 cm³/mol. The van der Waals surface area contributed by atoms with Gasteiger partial charge in [-0.3, -0.25) is 0 Å². The highest BCUT2D eigenvalue weighted by Gasteiger charge is 2.17. The normalized spacial score (nSPS) is 10.9. The van der Waals surface area contributed by atoms with Crippen LogP contribution in [0.15, 0.2) is 15.1 Å². The van der Waals surface area contributed by atoms with Gasteiger partial charge in [-0.2, -0.15) is 0 Å². The number of aromatic nitrogens is 1. The van der Waals surface area contributed by atoms with Crippen LogP contribution in [0.5, 0.6) is 0 Å². The molecule has 0 spiro atoms. The van der Waals surface area contributed by atoms with Gasteiger partial charge in [0.25, 0.3) is 6.43 Å². The molecular formula is C7H4Br3F2N. The van der Waals surface area contributed by atoms with Crippen LogP contribution in [0.3, 0.4) is 0 Å². The number of hydrogen-bond donors (Lipinski definition) is 0. The lowest BCUT2D eigenvalue weighted by Gasteiger charge is -2.07. The van der Waals surface area contributed by atoms with Gasteiger partial charge in [0.1, 0.15) is 10.3 Å². The molecule has 1 aromatic rings. The maximum Gasteiger partial charge on any atom is 0.280 e. The standard InChI is InChI=1S/C7H4Br3F2N/c8-2-3-4(9)1-5(10)13-6(3)7(11)12/h1,7H,2H2. The Hall–Kier alpha value is 0.450. The Labute approximate surface area is 99.3 Å². The van der Waals surface area contributed by atoms with E-state index in [0.29, 0.717) is 20.0 Å². The largest absolute Gasteiger partial charge is 0.280 e. The second-order valence-corrected chi connectivity index (χ2v) is 4.45. The Morgan fingerprint density at radius 3 is 2.46 bits per heavy atom. The molecular weight excluding hydrogens is 376 g/mol. The summed E-state index contributed by atoms with van der Waals surface area (Å²) >= 11 is 9.38. The molecule has 0 atom stereocenters. The van der Waals surface area contributed by atoms with Crippen molar-refractivity contribution in [3.8, 4) is 0 Å². The first-order chi connectivity index (χ1) is 6.06.